The predicted octanol–water partition coefficient (Wildman–Crippen LogP) is 2.48. The normalized spacial score (nSPS) is 10.4. The SMILES string of the molecule is C=C(CCCC)C(=O)O.C=CC(=O)OC(C)C(=O)OCC. The number of carboxylic acid groups (broad SMARTS) is 1. The van der Waals surface area contributed by atoms with Crippen molar-refractivity contribution >= 4 is 17.9 Å². The topological polar surface area (TPSA) is 89.9 Å². The van der Waals surface area contributed by atoms with Gasteiger partial charge in [0.25, 0.3) is 0 Å². The first kappa shape index (κ1) is 21.2. The van der Waals surface area contributed by atoms with Gasteiger partial charge in [-0.25, -0.2) is 14.4 Å². The third-order valence-corrected chi connectivity index (χ3v) is 2.21. The smallest absolute Gasteiger partial charge is 0.347 e. The van der Waals surface area contributed by atoms with Crippen LogP contribution in [0.4, 0.5) is 0 Å². The number of hydrogen-bond acceptors (Lipinski definition) is 5. The Labute approximate surface area is 125 Å². The van der Waals surface area contributed by atoms with Gasteiger partial charge in [0.15, 0.2) is 6.10 Å². The average Bonchev–Trinajstić information content (AvgIpc) is 2.45. The third-order valence-electron chi connectivity index (χ3n) is 2.21. The largest absolute Gasteiger partial charge is 0.478 e. The van der Waals surface area contributed by atoms with E-state index in [2.05, 4.69) is 22.6 Å². The fourth-order valence-electron chi connectivity index (χ4n) is 1.03. The van der Waals surface area contributed by atoms with Crippen molar-refractivity contribution in [2.75, 3.05) is 6.61 Å². The second-order valence-electron chi connectivity index (χ2n) is 4.05. The minimum absolute atomic E-state index is 0.273. The van der Waals surface area contributed by atoms with Crippen LogP contribution in [0.5, 0.6) is 0 Å². The molecule has 0 spiro atoms. The molecule has 0 rings (SSSR count). The first-order valence-electron chi connectivity index (χ1n) is 6.70. The Bertz CT molecular complexity index is 372. The molecular weight excluding hydrogens is 276 g/mol. The highest BCUT2D eigenvalue weighted by molar-refractivity contribution is 5.85. The van der Waals surface area contributed by atoms with Crippen LogP contribution in [0.2, 0.25) is 0 Å². The van der Waals surface area contributed by atoms with Crippen molar-refractivity contribution in [3.8, 4) is 0 Å². The maximum atomic E-state index is 10.9. The fraction of sp³-hybridized carbons (Fsp3) is 0.533. The predicted molar refractivity (Wildman–Crippen MR) is 78.7 cm³/mol. The minimum Gasteiger partial charge on any atom is -0.478 e. The number of aliphatic carboxylic acids is 1. The van der Waals surface area contributed by atoms with E-state index in [1.54, 1.807) is 6.92 Å². The molecule has 6 nitrogen and oxygen atoms in total. The Hall–Kier alpha value is -2.11. The third kappa shape index (κ3) is 12.7. The van der Waals surface area contributed by atoms with E-state index in [-0.39, 0.29) is 6.61 Å². The summed E-state index contributed by atoms with van der Waals surface area (Å²) in [6, 6.07) is 0. The van der Waals surface area contributed by atoms with Crippen LogP contribution >= 0.6 is 0 Å². The van der Waals surface area contributed by atoms with Crippen LogP contribution in [0.15, 0.2) is 24.8 Å². The van der Waals surface area contributed by atoms with E-state index in [1.807, 2.05) is 6.92 Å². The average molecular weight is 300 g/mol. The number of rotatable bonds is 8. The molecule has 0 bridgehead atoms. The van der Waals surface area contributed by atoms with E-state index < -0.39 is 24.0 Å². The van der Waals surface area contributed by atoms with Crippen molar-refractivity contribution in [2.45, 2.75) is 46.1 Å². The molecule has 0 heterocycles. The molecule has 120 valence electrons. The van der Waals surface area contributed by atoms with Crippen LogP contribution < -0.4 is 0 Å². The first-order valence-corrected chi connectivity index (χ1v) is 6.70. The van der Waals surface area contributed by atoms with Crippen molar-refractivity contribution in [3.05, 3.63) is 24.8 Å². The second-order valence-corrected chi connectivity index (χ2v) is 4.05. The first-order chi connectivity index (χ1) is 9.79. The molecule has 0 aromatic carbocycles. The summed E-state index contributed by atoms with van der Waals surface area (Å²) < 4.78 is 9.18. The van der Waals surface area contributed by atoms with E-state index in [0.29, 0.717) is 12.0 Å². The lowest BCUT2D eigenvalue weighted by Crippen LogP contribution is -2.25. The van der Waals surface area contributed by atoms with E-state index >= 15 is 0 Å². The summed E-state index contributed by atoms with van der Waals surface area (Å²) in [5, 5.41) is 8.31. The van der Waals surface area contributed by atoms with Gasteiger partial charge in [0.1, 0.15) is 0 Å². The van der Waals surface area contributed by atoms with Crippen LogP contribution in [0.25, 0.3) is 0 Å². The van der Waals surface area contributed by atoms with Gasteiger partial charge in [-0.05, 0) is 26.7 Å². The molecule has 0 radical (unpaired) electrons. The second kappa shape index (κ2) is 12.9. The molecule has 0 aliphatic rings. The van der Waals surface area contributed by atoms with Crippen molar-refractivity contribution in [1.82, 2.24) is 0 Å². The summed E-state index contributed by atoms with van der Waals surface area (Å²) in [7, 11) is 0. The number of esters is 2. The molecule has 1 N–H and O–H groups in total. The van der Waals surface area contributed by atoms with Gasteiger partial charge < -0.3 is 14.6 Å². The lowest BCUT2D eigenvalue weighted by atomic mass is 10.1. The van der Waals surface area contributed by atoms with Gasteiger partial charge in [-0.2, -0.15) is 0 Å². The van der Waals surface area contributed by atoms with Crippen LogP contribution in [0.1, 0.15) is 40.0 Å². The zero-order valence-corrected chi connectivity index (χ0v) is 12.9. The van der Waals surface area contributed by atoms with Gasteiger partial charge in [-0.1, -0.05) is 26.5 Å². The van der Waals surface area contributed by atoms with Gasteiger partial charge in [0, 0.05) is 11.6 Å². The molecular formula is C15H24O6. The molecule has 0 saturated carbocycles. The van der Waals surface area contributed by atoms with Gasteiger partial charge in [-0.3, -0.25) is 0 Å². The van der Waals surface area contributed by atoms with Gasteiger partial charge >= 0.3 is 17.9 Å². The molecule has 1 unspecified atom stereocenters. The van der Waals surface area contributed by atoms with Gasteiger partial charge in [-0.15, -0.1) is 0 Å². The van der Waals surface area contributed by atoms with E-state index in [1.165, 1.54) is 6.92 Å². The van der Waals surface area contributed by atoms with Crippen LogP contribution in [-0.2, 0) is 23.9 Å². The number of unbranched alkanes of at least 4 members (excludes halogenated alkanes) is 1. The number of carbonyl (C=O) groups excluding carboxylic acids is 2. The lowest BCUT2D eigenvalue weighted by molar-refractivity contribution is -0.163. The Kier molecular flexibility index (Phi) is 13.0. The molecule has 0 fully saturated rings. The lowest BCUT2D eigenvalue weighted by Gasteiger charge is -2.09. The Balaban J connectivity index is 0. The van der Waals surface area contributed by atoms with E-state index in [4.69, 9.17) is 5.11 Å². The molecule has 0 aromatic heterocycles. The summed E-state index contributed by atoms with van der Waals surface area (Å²) in [6.07, 6.45) is 2.69. The van der Waals surface area contributed by atoms with Crippen LogP contribution in [-0.4, -0.2) is 35.7 Å². The number of ether oxygens (including phenoxy) is 2. The zero-order chi connectivity index (χ0) is 16.8. The summed E-state index contributed by atoms with van der Waals surface area (Å²) in [5.41, 5.74) is 0.317. The highest BCUT2D eigenvalue weighted by Crippen LogP contribution is 2.03. The Morgan fingerprint density at radius 1 is 1.29 bits per heavy atom. The standard InChI is InChI=1S/C8H12O4.C7H12O2/c1-4-7(9)12-6(3)8(10)11-5-2;1-3-4-5-6(2)7(8)9/h4,6H,1,5H2,2-3H3;2-5H2,1H3,(H,8,9). The zero-order valence-electron chi connectivity index (χ0n) is 12.9. The van der Waals surface area contributed by atoms with E-state index in [0.717, 1.165) is 18.9 Å². The summed E-state index contributed by atoms with van der Waals surface area (Å²) in [4.78, 5) is 31.5. The molecule has 0 saturated heterocycles. The maximum absolute atomic E-state index is 10.9. The number of carboxylic acids is 1. The quantitative estimate of drug-likeness (QED) is 0.547. The number of carbonyl (C=O) groups is 3. The molecule has 0 aliphatic carbocycles. The van der Waals surface area contributed by atoms with Crippen molar-refractivity contribution in [1.29, 1.82) is 0 Å². The Morgan fingerprint density at radius 2 is 1.86 bits per heavy atom. The van der Waals surface area contributed by atoms with Crippen molar-refractivity contribution < 1.29 is 29.0 Å². The van der Waals surface area contributed by atoms with Crippen molar-refractivity contribution in [3.63, 3.8) is 0 Å². The molecule has 0 aliphatic heterocycles. The highest BCUT2D eigenvalue weighted by Gasteiger charge is 2.16. The van der Waals surface area contributed by atoms with Gasteiger partial charge in [0.2, 0.25) is 0 Å². The summed E-state index contributed by atoms with van der Waals surface area (Å²) >= 11 is 0. The molecule has 0 amide bonds. The maximum Gasteiger partial charge on any atom is 0.347 e. The van der Waals surface area contributed by atoms with Gasteiger partial charge in [0.05, 0.1) is 6.61 Å². The minimum atomic E-state index is -0.872. The molecule has 0 aromatic rings. The molecule has 1 atom stereocenters. The van der Waals surface area contributed by atoms with Crippen molar-refractivity contribution in [2.24, 2.45) is 0 Å². The summed E-state index contributed by atoms with van der Waals surface area (Å²) in [5.74, 6) is -2.05. The summed E-state index contributed by atoms with van der Waals surface area (Å²) in [6.45, 7) is 12.0. The van der Waals surface area contributed by atoms with Crippen LogP contribution in [0.3, 0.4) is 0 Å². The highest BCUT2D eigenvalue weighted by atomic mass is 16.6. The molecule has 21 heavy (non-hydrogen) atoms. The monoisotopic (exact) mass is 300 g/mol. The Morgan fingerprint density at radius 3 is 2.24 bits per heavy atom. The van der Waals surface area contributed by atoms with Crippen LogP contribution in [0, 0.1) is 0 Å². The fourth-order valence-corrected chi connectivity index (χ4v) is 1.03. The van der Waals surface area contributed by atoms with E-state index in [9.17, 15) is 14.4 Å². The number of hydrogen-bond donors (Lipinski definition) is 1. The molecule has 6 heteroatoms.